The molecule has 0 atom stereocenters. The van der Waals surface area contributed by atoms with Gasteiger partial charge in [0, 0.05) is 29.9 Å². The van der Waals surface area contributed by atoms with E-state index >= 15 is 0 Å². The fourth-order valence-electron chi connectivity index (χ4n) is 2.84. The maximum atomic E-state index is 5.51. The number of rotatable bonds is 7. The molecule has 4 rings (SSSR count). The van der Waals surface area contributed by atoms with Crippen LogP contribution < -0.4 is 14.8 Å². The first-order chi connectivity index (χ1) is 13.2. The van der Waals surface area contributed by atoms with E-state index in [4.69, 9.17) is 14.5 Å². The molecule has 0 spiro atoms. The molecule has 0 saturated carbocycles. The standard InChI is InChI=1S/C19H21N5O2S/c1-24(2)8-3-6-21-19-22-11-14(17(23-19)18-20-7-9-27-18)13-4-5-15-16(10-13)26-12-25-15/h4-5,7,9-11H,3,6,8,12H2,1-2H3,(H,21,22,23). The average Bonchev–Trinajstić information content (AvgIpc) is 3.36. The minimum absolute atomic E-state index is 0.254. The topological polar surface area (TPSA) is 72.4 Å². The second-order valence-corrected chi connectivity index (χ2v) is 7.34. The lowest BCUT2D eigenvalue weighted by atomic mass is 10.1. The lowest BCUT2D eigenvalue weighted by Crippen LogP contribution is -2.17. The van der Waals surface area contributed by atoms with Crippen LogP contribution in [0, 0.1) is 0 Å². The van der Waals surface area contributed by atoms with E-state index in [0.717, 1.165) is 52.8 Å². The zero-order valence-electron chi connectivity index (χ0n) is 15.3. The first-order valence-electron chi connectivity index (χ1n) is 8.76. The number of nitrogens with zero attached hydrogens (tertiary/aromatic N) is 4. The zero-order chi connectivity index (χ0) is 18.6. The van der Waals surface area contributed by atoms with E-state index in [1.807, 2.05) is 29.8 Å². The maximum absolute atomic E-state index is 5.51. The van der Waals surface area contributed by atoms with Gasteiger partial charge >= 0.3 is 0 Å². The summed E-state index contributed by atoms with van der Waals surface area (Å²) in [5, 5.41) is 6.12. The Kier molecular flexibility index (Phi) is 5.17. The van der Waals surface area contributed by atoms with Crippen LogP contribution in [0.2, 0.25) is 0 Å². The minimum Gasteiger partial charge on any atom is -0.454 e. The molecule has 0 unspecified atom stereocenters. The monoisotopic (exact) mass is 383 g/mol. The van der Waals surface area contributed by atoms with Gasteiger partial charge in [-0.15, -0.1) is 11.3 Å². The van der Waals surface area contributed by atoms with Crippen molar-refractivity contribution in [3.63, 3.8) is 0 Å². The molecular formula is C19H21N5O2S. The van der Waals surface area contributed by atoms with Gasteiger partial charge in [-0.1, -0.05) is 6.07 Å². The second kappa shape index (κ2) is 7.89. The van der Waals surface area contributed by atoms with Gasteiger partial charge in [-0.2, -0.15) is 0 Å². The molecule has 3 aromatic rings. The van der Waals surface area contributed by atoms with Gasteiger partial charge in [0.05, 0.1) is 0 Å². The molecule has 1 aromatic carbocycles. The Labute approximate surface area is 162 Å². The van der Waals surface area contributed by atoms with Crippen LogP contribution in [-0.4, -0.2) is 53.8 Å². The van der Waals surface area contributed by atoms with Crippen LogP contribution in [0.25, 0.3) is 21.8 Å². The first-order valence-corrected chi connectivity index (χ1v) is 9.64. The minimum atomic E-state index is 0.254. The van der Waals surface area contributed by atoms with E-state index < -0.39 is 0 Å². The third kappa shape index (κ3) is 4.01. The van der Waals surface area contributed by atoms with Crippen LogP contribution in [0.15, 0.2) is 36.0 Å². The Morgan fingerprint density at radius 2 is 2.07 bits per heavy atom. The highest BCUT2D eigenvalue weighted by molar-refractivity contribution is 7.13. The summed E-state index contributed by atoms with van der Waals surface area (Å²) in [6, 6.07) is 5.87. The third-order valence-corrected chi connectivity index (χ3v) is 4.95. The van der Waals surface area contributed by atoms with Crippen LogP contribution >= 0.6 is 11.3 Å². The summed E-state index contributed by atoms with van der Waals surface area (Å²) < 4.78 is 10.9. The number of fused-ring (bicyclic) bond motifs is 1. The Balaban J connectivity index is 1.63. The Morgan fingerprint density at radius 3 is 2.89 bits per heavy atom. The van der Waals surface area contributed by atoms with Gasteiger partial charge in [-0.3, -0.25) is 0 Å². The fraction of sp³-hybridized carbons (Fsp3) is 0.316. The van der Waals surface area contributed by atoms with Crippen molar-refractivity contribution >= 4 is 17.3 Å². The van der Waals surface area contributed by atoms with E-state index in [9.17, 15) is 0 Å². The second-order valence-electron chi connectivity index (χ2n) is 6.44. The summed E-state index contributed by atoms with van der Waals surface area (Å²) in [7, 11) is 4.13. The Bertz CT molecular complexity index is 914. The molecule has 0 amide bonds. The molecule has 1 aliphatic rings. The number of thiazole rings is 1. The van der Waals surface area contributed by atoms with Crippen LogP contribution in [0.5, 0.6) is 11.5 Å². The van der Waals surface area contributed by atoms with Crippen molar-refractivity contribution in [3.05, 3.63) is 36.0 Å². The molecule has 0 fully saturated rings. The van der Waals surface area contributed by atoms with E-state index in [2.05, 4.69) is 34.3 Å². The molecule has 0 radical (unpaired) electrons. The van der Waals surface area contributed by atoms with Gasteiger partial charge in [0.15, 0.2) is 11.5 Å². The number of ether oxygens (including phenoxy) is 2. The molecule has 0 bridgehead atoms. The number of aromatic nitrogens is 3. The Hall–Kier alpha value is -2.71. The summed E-state index contributed by atoms with van der Waals surface area (Å²) in [6.07, 6.45) is 4.65. The summed E-state index contributed by atoms with van der Waals surface area (Å²) in [5.41, 5.74) is 2.71. The quantitative estimate of drug-likeness (QED) is 0.627. The molecule has 1 aliphatic heterocycles. The highest BCUT2D eigenvalue weighted by Crippen LogP contribution is 2.38. The fourth-order valence-corrected chi connectivity index (χ4v) is 3.48. The van der Waals surface area contributed by atoms with Crippen molar-refractivity contribution < 1.29 is 9.47 Å². The predicted octanol–water partition coefficient (Wildman–Crippen LogP) is 3.36. The summed E-state index contributed by atoms with van der Waals surface area (Å²) in [6.45, 7) is 2.09. The molecule has 3 heterocycles. The summed E-state index contributed by atoms with van der Waals surface area (Å²) in [4.78, 5) is 15.8. The van der Waals surface area contributed by atoms with Crippen LogP contribution in [0.4, 0.5) is 5.95 Å². The van der Waals surface area contributed by atoms with Crippen LogP contribution in [-0.2, 0) is 0 Å². The molecule has 0 saturated heterocycles. The molecular weight excluding hydrogens is 362 g/mol. The molecule has 7 nitrogen and oxygen atoms in total. The van der Waals surface area contributed by atoms with Crippen molar-refractivity contribution in [2.75, 3.05) is 39.3 Å². The molecule has 8 heteroatoms. The van der Waals surface area contributed by atoms with Gasteiger partial charge in [0.25, 0.3) is 0 Å². The number of nitrogens with one attached hydrogen (secondary N) is 1. The highest BCUT2D eigenvalue weighted by atomic mass is 32.1. The number of hydrogen-bond donors (Lipinski definition) is 1. The number of hydrogen-bond acceptors (Lipinski definition) is 8. The SMILES string of the molecule is CN(C)CCCNc1ncc(-c2ccc3c(c2)OCO3)c(-c2nccs2)n1. The van der Waals surface area contributed by atoms with E-state index in [0.29, 0.717) is 5.95 Å². The molecule has 2 aromatic heterocycles. The lowest BCUT2D eigenvalue weighted by Gasteiger charge is -2.12. The summed E-state index contributed by atoms with van der Waals surface area (Å²) >= 11 is 1.56. The lowest BCUT2D eigenvalue weighted by molar-refractivity contribution is 0.174. The molecule has 1 N–H and O–H groups in total. The van der Waals surface area contributed by atoms with Crippen molar-refractivity contribution in [2.24, 2.45) is 0 Å². The van der Waals surface area contributed by atoms with Gasteiger partial charge in [0.2, 0.25) is 12.7 Å². The number of benzene rings is 1. The van der Waals surface area contributed by atoms with Crippen molar-refractivity contribution in [2.45, 2.75) is 6.42 Å². The maximum Gasteiger partial charge on any atom is 0.231 e. The van der Waals surface area contributed by atoms with E-state index in [-0.39, 0.29) is 6.79 Å². The molecule has 27 heavy (non-hydrogen) atoms. The van der Waals surface area contributed by atoms with Gasteiger partial charge in [0.1, 0.15) is 10.7 Å². The highest BCUT2D eigenvalue weighted by Gasteiger charge is 2.18. The molecule has 140 valence electrons. The number of anilines is 1. The van der Waals surface area contributed by atoms with E-state index in [1.165, 1.54) is 0 Å². The van der Waals surface area contributed by atoms with Crippen LogP contribution in [0.3, 0.4) is 0 Å². The van der Waals surface area contributed by atoms with E-state index in [1.54, 1.807) is 17.5 Å². The zero-order valence-corrected chi connectivity index (χ0v) is 16.1. The third-order valence-electron chi connectivity index (χ3n) is 4.17. The van der Waals surface area contributed by atoms with Crippen LogP contribution in [0.1, 0.15) is 6.42 Å². The largest absolute Gasteiger partial charge is 0.454 e. The predicted molar refractivity (Wildman–Crippen MR) is 106 cm³/mol. The van der Waals surface area contributed by atoms with Crippen molar-refractivity contribution in [1.29, 1.82) is 0 Å². The Morgan fingerprint density at radius 1 is 1.19 bits per heavy atom. The smallest absolute Gasteiger partial charge is 0.231 e. The summed E-state index contributed by atoms with van der Waals surface area (Å²) in [5.74, 6) is 2.11. The van der Waals surface area contributed by atoms with Crippen molar-refractivity contribution in [3.8, 4) is 33.3 Å². The van der Waals surface area contributed by atoms with Gasteiger partial charge < -0.3 is 19.7 Å². The normalized spacial score (nSPS) is 12.6. The molecule has 0 aliphatic carbocycles. The first kappa shape index (κ1) is 17.7. The van der Waals surface area contributed by atoms with Gasteiger partial charge in [-0.05, 0) is 44.8 Å². The van der Waals surface area contributed by atoms with Crippen molar-refractivity contribution in [1.82, 2.24) is 19.9 Å². The average molecular weight is 383 g/mol. The van der Waals surface area contributed by atoms with Gasteiger partial charge in [-0.25, -0.2) is 15.0 Å².